The quantitative estimate of drug-likeness (QED) is 0.424. The number of nitrogens with zero attached hydrogens (tertiary/aromatic N) is 2. The Hall–Kier alpha value is -4.41. The number of hydrogen-bond acceptors (Lipinski definition) is 5. The van der Waals surface area contributed by atoms with E-state index in [1.165, 1.54) is 4.57 Å². The zero-order valence-electron chi connectivity index (χ0n) is 20.0. The van der Waals surface area contributed by atoms with Gasteiger partial charge in [0.25, 0.3) is 11.5 Å². The summed E-state index contributed by atoms with van der Waals surface area (Å²) in [5, 5.41) is 12.9. The Bertz CT molecular complexity index is 1570. The fraction of sp³-hybridized carbons (Fsp3) is 0.138. The second kappa shape index (κ2) is 11.3. The van der Waals surface area contributed by atoms with Crippen LogP contribution in [0, 0.1) is 11.3 Å². The summed E-state index contributed by atoms with van der Waals surface area (Å²) in [5.74, 6) is 0.208. The lowest BCUT2D eigenvalue weighted by molar-refractivity contribution is -0.116. The van der Waals surface area contributed by atoms with Gasteiger partial charge in [0.1, 0.15) is 16.5 Å². The van der Waals surface area contributed by atoms with Crippen molar-refractivity contribution in [3.8, 4) is 17.5 Å². The van der Waals surface area contributed by atoms with Crippen LogP contribution in [0.4, 0.5) is 0 Å². The minimum atomic E-state index is -0.535. The zero-order chi connectivity index (χ0) is 25.5. The van der Waals surface area contributed by atoms with Crippen LogP contribution in [0.3, 0.4) is 0 Å². The van der Waals surface area contributed by atoms with Gasteiger partial charge in [0, 0.05) is 0 Å². The predicted octanol–water partition coefficient (Wildman–Crippen LogP) is 3.68. The summed E-state index contributed by atoms with van der Waals surface area (Å²) in [6.07, 6.45) is 1.76. The molecule has 7 heteroatoms. The lowest BCUT2D eigenvalue weighted by atomic mass is 10.1. The van der Waals surface area contributed by atoms with E-state index in [1.807, 2.05) is 92.7 Å². The Morgan fingerprint density at radius 2 is 1.69 bits per heavy atom. The number of para-hydroxylation sites is 1. The average molecular weight is 496 g/mol. The number of hydrogen-bond donors (Lipinski definition) is 1. The normalized spacial score (nSPS) is 13.0. The van der Waals surface area contributed by atoms with Crippen molar-refractivity contribution in [2.75, 3.05) is 6.61 Å². The van der Waals surface area contributed by atoms with Crippen LogP contribution >= 0.6 is 11.3 Å². The van der Waals surface area contributed by atoms with Gasteiger partial charge >= 0.3 is 0 Å². The number of thiazole rings is 1. The molecule has 0 aliphatic heterocycles. The Morgan fingerprint density at radius 3 is 2.31 bits per heavy atom. The topological polar surface area (TPSA) is 84.1 Å². The van der Waals surface area contributed by atoms with Crippen LogP contribution in [0.2, 0.25) is 0 Å². The van der Waals surface area contributed by atoms with E-state index in [0.29, 0.717) is 16.8 Å². The number of aromatic nitrogens is 1. The number of nitriles is 1. The van der Waals surface area contributed by atoms with Crippen LogP contribution in [0.5, 0.6) is 5.75 Å². The third-order valence-electron chi connectivity index (χ3n) is 5.53. The van der Waals surface area contributed by atoms with Gasteiger partial charge < -0.3 is 10.1 Å². The number of rotatable bonds is 7. The number of nitrogens with one attached hydrogen (secondary N) is 1. The monoisotopic (exact) mass is 495 g/mol. The SMILES string of the molecule is CCOc1ccc(/C=c2/s/c(=C(/C#N)C(=O)N[C@H](C)c3ccccc3)n(-c3ccccc3)c2=O)cc1. The molecule has 1 atom stereocenters. The van der Waals surface area contributed by atoms with Crippen molar-refractivity contribution in [2.24, 2.45) is 0 Å². The third-order valence-corrected chi connectivity index (χ3v) is 6.62. The van der Waals surface area contributed by atoms with E-state index in [9.17, 15) is 14.9 Å². The molecule has 0 radical (unpaired) electrons. The van der Waals surface area contributed by atoms with Crippen LogP contribution in [-0.2, 0) is 4.79 Å². The number of amides is 1. The fourth-order valence-corrected chi connectivity index (χ4v) is 4.83. The van der Waals surface area contributed by atoms with Gasteiger partial charge in [-0.05, 0) is 55.3 Å². The number of carbonyl (C=O) groups is 1. The van der Waals surface area contributed by atoms with Gasteiger partial charge in [-0.2, -0.15) is 5.26 Å². The Kier molecular flexibility index (Phi) is 7.79. The van der Waals surface area contributed by atoms with E-state index in [1.54, 1.807) is 18.2 Å². The minimum Gasteiger partial charge on any atom is -0.494 e. The molecule has 0 aliphatic carbocycles. The highest BCUT2D eigenvalue weighted by Gasteiger charge is 2.19. The van der Waals surface area contributed by atoms with E-state index in [0.717, 1.165) is 28.2 Å². The van der Waals surface area contributed by atoms with E-state index in [-0.39, 0.29) is 21.8 Å². The van der Waals surface area contributed by atoms with Gasteiger partial charge in [0.15, 0.2) is 5.57 Å². The maximum atomic E-state index is 13.5. The Labute approximate surface area is 213 Å². The minimum absolute atomic E-state index is 0.116. The van der Waals surface area contributed by atoms with E-state index < -0.39 is 5.91 Å². The van der Waals surface area contributed by atoms with E-state index >= 15 is 0 Å². The lowest BCUT2D eigenvalue weighted by Crippen LogP contribution is -2.34. The Balaban J connectivity index is 1.85. The maximum absolute atomic E-state index is 13.5. The molecule has 180 valence electrons. The predicted molar refractivity (Wildman–Crippen MR) is 142 cm³/mol. The number of carbonyl (C=O) groups excluding carboxylic acids is 1. The first-order valence-electron chi connectivity index (χ1n) is 11.5. The molecule has 4 rings (SSSR count). The summed E-state index contributed by atoms with van der Waals surface area (Å²) < 4.78 is 7.61. The van der Waals surface area contributed by atoms with Crippen LogP contribution in [0.25, 0.3) is 17.3 Å². The fourth-order valence-electron chi connectivity index (χ4n) is 3.73. The third kappa shape index (κ3) is 5.45. The van der Waals surface area contributed by atoms with Gasteiger partial charge in [-0.15, -0.1) is 11.3 Å². The van der Waals surface area contributed by atoms with Crippen LogP contribution in [-0.4, -0.2) is 17.1 Å². The highest BCUT2D eigenvalue weighted by molar-refractivity contribution is 7.07. The highest BCUT2D eigenvalue weighted by Crippen LogP contribution is 2.14. The smallest absolute Gasteiger partial charge is 0.273 e. The maximum Gasteiger partial charge on any atom is 0.273 e. The largest absolute Gasteiger partial charge is 0.494 e. The molecule has 0 fully saturated rings. The molecule has 1 aromatic heterocycles. The van der Waals surface area contributed by atoms with Crippen LogP contribution < -0.4 is 24.8 Å². The lowest BCUT2D eigenvalue weighted by Gasteiger charge is -2.13. The highest BCUT2D eigenvalue weighted by atomic mass is 32.1. The molecule has 3 aromatic carbocycles. The molecule has 36 heavy (non-hydrogen) atoms. The standard InChI is InChI=1S/C29H25N3O3S/c1-3-35-24-16-14-21(15-17-24)18-26-28(34)32(23-12-8-5-9-13-23)29(36-26)25(19-30)27(33)31-20(2)22-10-6-4-7-11-22/h4-18,20H,3H2,1-2H3,(H,31,33)/b26-18+,29-25-/t20-/m1/s1. The van der Waals surface area contributed by atoms with Crippen molar-refractivity contribution in [3.63, 3.8) is 0 Å². The van der Waals surface area contributed by atoms with Crippen molar-refractivity contribution >= 4 is 28.9 Å². The molecule has 1 N–H and O–H groups in total. The van der Waals surface area contributed by atoms with Crippen LogP contribution in [0.15, 0.2) is 89.7 Å². The molecule has 0 aliphatic rings. The van der Waals surface area contributed by atoms with Gasteiger partial charge in [-0.25, -0.2) is 0 Å². The van der Waals surface area contributed by atoms with E-state index in [2.05, 4.69) is 5.32 Å². The molecule has 0 saturated carbocycles. The molecule has 0 saturated heterocycles. The van der Waals surface area contributed by atoms with Crippen molar-refractivity contribution in [1.82, 2.24) is 9.88 Å². The second-order valence-electron chi connectivity index (χ2n) is 7.99. The molecule has 1 amide bonds. The van der Waals surface area contributed by atoms with Gasteiger partial charge in [0.05, 0.1) is 22.9 Å². The summed E-state index contributed by atoms with van der Waals surface area (Å²) in [6, 6.07) is 27.6. The molecular weight excluding hydrogens is 470 g/mol. The van der Waals surface area contributed by atoms with Crippen molar-refractivity contribution < 1.29 is 9.53 Å². The summed E-state index contributed by atoms with van der Waals surface area (Å²) >= 11 is 1.12. The first kappa shape index (κ1) is 24.7. The summed E-state index contributed by atoms with van der Waals surface area (Å²) in [7, 11) is 0. The second-order valence-corrected chi connectivity index (χ2v) is 9.02. The summed E-state index contributed by atoms with van der Waals surface area (Å²) in [4.78, 5) is 26.7. The zero-order valence-corrected chi connectivity index (χ0v) is 20.8. The van der Waals surface area contributed by atoms with Gasteiger partial charge in [-0.1, -0.05) is 60.7 Å². The molecule has 0 bridgehead atoms. The van der Waals surface area contributed by atoms with Gasteiger partial charge in [0.2, 0.25) is 0 Å². The average Bonchev–Trinajstić information content (AvgIpc) is 3.22. The molecule has 1 heterocycles. The first-order chi connectivity index (χ1) is 17.5. The van der Waals surface area contributed by atoms with Crippen molar-refractivity contribution in [3.05, 3.63) is 116 Å². The first-order valence-corrected chi connectivity index (χ1v) is 12.4. The molecular formula is C29H25N3O3S. The summed E-state index contributed by atoms with van der Waals surface area (Å²) in [6.45, 7) is 4.34. The van der Waals surface area contributed by atoms with E-state index in [4.69, 9.17) is 4.74 Å². The van der Waals surface area contributed by atoms with Crippen molar-refractivity contribution in [1.29, 1.82) is 5.26 Å². The van der Waals surface area contributed by atoms with Crippen molar-refractivity contribution in [2.45, 2.75) is 19.9 Å². The van der Waals surface area contributed by atoms with Crippen LogP contribution in [0.1, 0.15) is 31.0 Å². The summed E-state index contributed by atoms with van der Waals surface area (Å²) in [5.41, 5.74) is 1.89. The van der Waals surface area contributed by atoms with Gasteiger partial charge in [-0.3, -0.25) is 14.2 Å². The number of ether oxygens (including phenoxy) is 1. The molecule has 6 nitrogen and oxygen atoms in total. The Morgan fingerprint density at radius 1 is 1.06 bits per heavy atom. The number of benzene rings is 3. The molecule has 0 spiro atoms. The molecule has 4 aromatic rings. The molecule has 0 unspecified atom stereocenters.